The van der Waals surface area contributed by atoms with Gasteiger partial charge in [-0.05, 0) is 56.0 Å². The Morgan fingerprint density at radius 3 is 2.77 bits per heavy atom. The first-order valence-electron chi connectivity index (χ1n) is 10.7. The van der Waals surface area contributed by atoms with Gasteiger partial charge in [-0.15, -0.1) is 0 Å². The molecule has 0 atom stereocenters. The van der Waals surface area contributed by atoms with Gasteiger partial charge in [0, 0.05) is 50.0 Å². The summed E-state index contributed by atoms with van der Waals surface area (Å²) in [6.07, 6.45) is 4.85. The second-order valence-corrected chi connectivity index (χ2v) is 7.89. The minimum Gasteiger partial charge on any atom is -0.497 e. The first-order valence-corrected chi connectivity index (χ1v) is 11.0. The van der Waals surface area contributed by atoms with Gasteiger partial charge >= 0.3 is 0 Å². The van der Waals surface area contributed by atoms with Crippen LogP contribution in [0.4, 0.5) is 0 Å². The molecule has 0 bridgehead atoms. The smallest absolute Gasteiger partial charge is 0.191 e. The summed E-state index contributed by atoms with van der Waals surface area (Å²) >= 11 is 6.34. The van der Waals surface area contributed by atoms with E-state index in [0.717, 1.165) is 73.4 Å². The van der Waals surface area contributed by atoms with Gasteiger partial charge in [0.15, 0.2) is 5.96 Å². The Labute approximate surface area is 184 Å². The van der Waals surface area contributed by atoms with Crippen LogP contribution in [0.3, 0.4) is 0 Å². The first kappa shape index (κ1) is 22.4. The molecule has 2 heterocycles. The Balaban J connectivity index is 1.47. The van der Waals surface area contributed by atoms with Crippen LogP contribution in [0.25, 0.3) is 0 Å². The fraction of sp³-hybridized carbons (Fsp3) is 0.478. The lowest BCUT2D eigenvalue weighted by molar-refractivity contribution is 0.196. The van der Waals surface area contributed by atoms with Crippen LogP contribution in [0, 0.1) is 0 Å². The average Bonchev–Trinajstić information content (AvgIpc) is 2.77. The summed E-state index contributed by atoms with van der Waals surface area (Å²) in [4.78, 5) is 11.7. The van der Waals surface area contributed by atoms with Crippen molar-refractivity contribution in [3.05, 3.63) is 58.9 Å². The van der Waals surface area contributed by atoms with Gasteiger partial charge in [0.05, 0.1) is 12.8 Å². The van der Waals surface area contributed by atoms with Crippen LogP contribution in [-0.4, -0.2) is 55.2 Å². The summed E-state index contributed by atoms with van der Waals surface area (Å²) in [7, 11) is 1.65. The summed E-state index contributed by atoms with van der Waals surface area (Å²) in [5.41, 5.74) is 2.22. The molecule has 0 radical (unpaired) electrons. The van der Waals surface area contributed by atoms with Crippen molar-refractivity contribution >= 4 is 17.6 Å². The lowest BCUT2D eigenvalue weighted by atomic mass is 10.0. The number of nitrogens with zero attached hydrogens (tertiary/aromatic N) is 3. The molecule has 2 N–H and O–H groups in total. The summed E-state index contributed by atoms with van der Waals surface area (Å²) < 4.78 is 5.21. The molecule has 1 fully saturated rings. The van der Waals surface area contributed by atoms with Crippen molar-refractivity contribution in [2.24, 2.45) is 4.99 Å². The van der Waals surface area contributed by atoms with Gasteiger partial charge in [-0.25, -0.2) is 0 Å². The Morgan fingerprint density at radius 1 is 1.27 bits per heavy atom. The first-order chi connectivity index (χ1) is 14.7. The molecule has 0 saturated carbocycles. The third-order valence-corrected chi connectivity index (χ3v) is 5.65. The van der Waals surface area contributed by atoms with E-state index in [0.29, 0.717) is 12.6 Å². The van der Waals surface area contributed by atoms with Gasteiger partial charge in [-0.3, -0.25) is 14.9 Å². The molecule has 3 rings (SSSR count). The number of halogens is 1. The zero-order valence-electron chi connectivity index (χ0n) is 17.9. The number of aromatic nitrogens is 1. The number of ether oxygens (including phenoxy) is 1. The zero-order chi connectivity index (χ0) is 21.2. The molecule has 2 aromatic rings. The van der Waals surface area contributed by atoms with E-state index in [1.54, 1.807) is 7.11 Å². The van der Waals surface area contributed by atoms with Crippen LogP contribution in [0.1, 0.15) is 31.0 Å². The van der Waals surface area contributed by atoms with Crippen LogP contribution in [0.2, 0.25) is 5.02 Å². The van der Waals surface area contributed by atoms with Gasteiger partial charge < -0.3 is 15.4 Å². The van der Waals surface area contributed by atoms with Gasteiger partial charge in [0.2, 0.25) is 0 Å². The standard InChI is InChI=1S/C23H32ClN5O/c1-3-25-23(27-13-9-18-7-8-21(30-2)16-22(18)24)28-19-10-14-29(15-11-19)17-20-6-4-5-12-26-20/h4-8,12,16,19H,3,9-11,13-15,17H2,1-2H3,(H2,25,27,28). The number of piperidine rings is 1. The van der Waals surface area contributed by atoms with E-state index in [9.17, 15) is 0 Å². The highest BCUT2D eigenvalue weighted by atomic mass is 35.5. The van der Waals surface area contributed by atoms with E-state index in [1.165, 1.54) is 0 Å². The van der Waals surface area contributed by atoms with Gasteiger partial charge in [0.25, 0.3) is 0 Å². The van der Waals surface area contributed by atoms with Crippen molar-refractivity contribution in [3.63, 3.8) is 0 Å². The zero-order valence-corrected chi connectivity index (χ0v) is 18.7. The number of rotatable bonds is 8. The number of hydrogen-bond acceptors (Lipinski definition) is 4. The van der Waals surface area contributed by atoms with E-state index < -0.39 is 0 Å². The fourth-order valence-corrected chi connectivity index (χ4v) is 3.88. The van der Waals surface area contributed by atoms with Crippen molar-refractivity contribution < 1.29 is 4.74 Å². The maximum atomic E-state index is 6.34. The Kier molecular flexibility index (Phi) is 8.78. The predicted octanol–water partition coefficient (Wildman–Crippen LogP) is 3.51. The molecule has 1 aliphatic heterocycles. The monoisotopic (exact) mass is 429 g/mol. The van der Waals surface area contributed by atoms with Gasteiger partial charge in [0.1, 0.15) is 5.75 Å². The van der Waals surface area contributed by atoms with Crippen molar-refractivity contribution in [1.82, 2.24) is 20.5 Å². The molecule has 0 amide bonds. The van der Waals surface area contributed by atoms with E-state index in [-0.39, 0.29) is 0 Å². The summed E-state index contributed by atoms with van der Waals surface area (Å²) in [5.74, 6) is 1.65. The Bertz CT molecular complexity index is 806. The molecule has 0 unspecified atom stereocenters. The largest absolute Gasteiger partial charge is 0.497 e. The van der Waals surface area contributed by atoms with Crippen molar-refractivity contribution in [2.75, 3.05) is 33.3 Å². The second-order valence-electron chi connectivity index (χ2n) is 7.48. The van der Waals surface area contributed by atoms with Crippen LogP contribution in [0.5, 0.6) is 5.75 Å². The summed E-state index contributed by atoms with van der Waals surface area (Å²) in [5, 5.41) is 7.69. The normalized spacial score (nSPS) is 15.8. The molecular formula is C23H32ClN5O. The third kappa shape index (κ3) is 6.89. The summed E-state index contributed by atoms with van der Waals surface area (Å²) in [6.45, 7) is 6.66. The maximum absolute atomic E-state index is 6.34. The topological polar surface area (TPSA) is 61.8 Å². The van der Waals surface area contributed by atoms with E-state index in [4.69, 9.17) is 21.3 Å². The highest BCUT2D eigenvalue weighted by Crippen LogP contribution is 2.22. The second kappa shape index (κ2) is 11.8. The van der Waals surface area contributed by atoms with Crippen LogP contribution in [0.15, 0.2) is 47.6 Å². The Hall–Kier alpha value is -2.31. The molecule has 0 spiro atoms. The highest BCUT2D eigenvalue weighted by Gasteiger charge is 2.20. The van der Waals surface area contributed by atoms with Crippen molar-refractivity contribution in [2.45, 2.75) is 38.8 Å². The molecular weight excluding hydrogens is 398 g/mol. The number of likely N-dealkylation sites (tertiary alicyclic amines) is 1. The summed E-state index contributed by atoms with van der Waals surface area (Å²) in [6, 6.07) is 12.3. The van der Waals surface area contributed by atoms with Crippen molar-refractivity contribution in [1.29, 1.82) is 0 Å². The van der Waals surface area contributed by atoms with E-state index in [1.807, 2.05) is 30.5 Å². The maximum Gasteiger partial charge on any atom is 0.191 e. The lowest BCUT2D eigenvalue weighted by Gasteiger charge is -2.32. The SMILES string of the molecule is CCNC(=NCCc1ccc(OC)cc1Cl)NC1CCN(Cc2ccccn2)CC1. The number of benzene rings is 1. The number of guanidine groups is 1. The number of methoxy groups -OCH3 is 1. The average molecular weight is 430 g/mol. The minimum absolute atomic E-state index is 0.437. The van der Waals surface area contributed by atoms with Crippen LogP contribution in [-0.2, 0) is 13.0 Å². The van der Waals surface area contributed by atoms with Crippen LogP contribution >= 0.6 is 11.6 Å². The van der Waals surface area contributed by atoms with Gasteiger partial charge in [-0.1, -0.05) is 23.7 Å². The Morgan fingerprint density at radius 2 is 2.10 bits per heavy atom. The van der Waals surface area contributed by atoms with Gasteiger partial charge in [-0.2, -0.15) is 0 Å². The molecule has 1 aliphatic rings. The quantitative estimate of drug-likeness (QED) is 0.496. The van der Waals surface area contributed by atoms with E-state index in [2.05, 4.69) is 39.6 Å². The number of hydrogen-bond donors (Lipinski definition) is 2. The van der Waals surface area contributed by atoms with E-state index >= 15 is 0 Å². The fourth-order valence-electron chi connectivity index (χ4n) is 3.62. The van der Waals surface area contributed by atoms with Crippen LogP contribution < -0.4 is 15.4 Å². The molecule has 7 heteroatoms. The molecule has 1 saturated heterocycles. The molecule has 0 aliphatic carbocycles. The third-order valence-electron chi connectivity index (χ3n) is 5.30. The number of nitrogens with one attached hydrogen (secondary N) is 2. The minimum atomic E-state index is 0.437. The molecule has 1 aromatic heterocycles. The molecule has 6 nitrogen and oxygen atoms in total. The molecule has 162 valence electrons. The number of aliphatic imine (C=N–C) groups is 1. The molecule has 1 aromatic carbocycles. The molecule has 30 heavy (non-hydrogen) atoms. The van der Waals surface area contributed by atoms with Crippen molar-refractivity contribution in [3.8, 4) is 5.75 Å². The lowest BCUT2D eigenvalue weighted by Crippen LogP contribution is -2.48. The number of pyridine rings is 1. The highest BCUT2D eigenvalue weighted by molar-refractivity contribution is 6.31. The predicted molar refractivity (Wildman–Crippen MR) is 123 cm³/mol.